The van der Waals surface area contributed by atoms with Gasteiger partial charge in [0.25, 0.3) is 11.8 Å². The minimum absolute atomic E-state index is 0.117. The van der Waals surface area contributed by atoms with E-state index in [1.54, 1.807) is 11.8 Å². The summed E-state index contributed by atoms with van der Waals surface area (Å²) in [6, 6.07) is 0. The molecule has 7 heteroatoms. The Bertz CT molecular complexity index is 596. The summed E-state index contributed by atoms with van der Waals surface area (Å²) in [5.74, 6) is -0.673. The van der Waals surface area contributed by atoms with E-state index in [0.717, 1.165) is 18.7 Å². The number of aromatic nitrogens is 2. The zero-order valence-corrected chi connectivity index (χ0v) is 13.7. The molecule has 2 N–H and O–H groups in total. The smallest absolute Gasteiger partial charge is 0.257 e. The van der Waals surface area contributed by atoms with Crippen LogP contribution in [0.5, 0.6) is 0 Å². The average molecular weight is 308 g/mol. The molecule has 0 bridgehead atoms. The first kappa shape index (κ1) is 16.5. The molecule has 2 rings (SSSR count). The van der Waals surface area contributed by atoms with Crippen molar-refractivity contribution in [2.45, 2.75) is 46.3 Å². The number of hydrogen-bond donors (Lipinski definition) is 1. The van der Waals surface area contributed by atoms with E-state index in [9.17, 15) is 9.59 Å². The third-order valence-electron chi connectivity index (χ3n) is 4.11. The van der Waals surface area contributed by atoms with Crippen LogP contribution in [0, 0.1) is 13.8 Å². The average Bonchev–Trinajstić information content (AvgIpc) is 2.73. The number of rotatable bonds is 4. The first-order valence-electron chi connectivity index (χ1n) is 7.57. The number of ether oxygens (including phenoxy) is 1. The first-order chi connectivity index (χ1) is 10.3. The van der Waals surface area contributed by atoms with Crippen LogP contribution in [0.15, 0.2) is 0 Å². The number of hydrogen-bond acceptors (Lipinski definition) is 4. The Kier molecular flexibility index (Phi) is 4.55. The molecule has 2 heterocycles. The molecule has 1 saturated heterocycles. The van der Waals surface area contributed by atoms with Gasteiger partial charge >= 0.3 is 0 Å². The van der Waals surface area contributed by atoms with Gasteiger partial charge in [-0.25, -0.2) is 0 Å². The quantitative estimate of drug-likeness (QED) is 0.883. The highest BCUT2D eigenvalue weighted by molar-refractivity contribution is 5.97. The molecule has 1 aromatic rings. The topological polar surface area (TPSA) is 90.4 Å². The van der Waals surface area contributed by atoms with Crippen molar-refractivity contribution >= 4 is 11.8 Å². The number of nitrogens with two attached hydrogens (primary N) is 1. The van der Waals surface area contributed by atoms with Gasteiger partial charge < -0.3 is 15.4 Å². The Labute approximate surface area is 130 Å². The molecule has 1 aromatic heterocycles. The van der Waals surface area contributed by atoms with Crippen molar-refractivity contribution in [3.8, 4) is 0 Å². The van der Waals surface area contributed by atoms with Crippen molar-refractivity contribution in [2.75, 3.05) is 19.7 Å². The highest BCUT2D eigenvalue weighted by Crippen LogP contribution is 2.22. The van der Waals surface area contributed by atoms with Gasteiger partial charge in [-0.1, -0.05) is 6.92 Å². The van der Waals surface area contributed by atoms with Gasteiger partial charge in [0.1, 0.15) is 0 Å². The third kappa shape index (κ3) is 2.85. The van der Waals surface area contributed by atoms with Crippen LogP contribution in [0.1, 0.15) is 42.0 Å². The summed E-state index contributed by atoms with van der Waals surface area (Å²) in [5, 5.41) is 4.43. The highest BCUT2D eigenvalue weighted by Gasteiger charge is 2.40. The van der Waals surface area contributed by atoms with E-state index >= 15 is 0 Å². The maximum atomic E-state index is 12.8. The zero-order valence-electron chi connectivity index (χ0n) is 13.7. The van der Waals surface area contributed by atoms with Crippen molar-refractivity contribution in [3.05, 3.63) is 17.0 Å². The molecule has 1 aliphatic heterocycles. The summed E-state index contributed by atoms with van der Waals surface area (Å²) < 4.78 is 7.32. The normalized spacial score (nSPS) is 21.9. The molecule has 0 aromatic carbocycles. The van der Waals surface area contributed by atoms with E-state index in [2.05, 4.69) is 12.0 Å². The van der Waals surface area contributed by atoms with Crippen LogP contribution >= 0.6 is 0 Å². The minimum Gasteiger partial charge on any atom is -0.367 e. The summed E-state index contributed by atoms with van der Waals surface area (Å²) in [7, 11) is 0. The second-order valence-electron chi connectivity index (χ2n) is 5.94. The molecule has 0 aliphatic carbocycles. The molecule has 1 aliphatic rings. The molecular formula is C15H24N4O3. The van der Waals surface area contributed by atoms with Crippen LogP contribution in [-0.2, 0) is 16.1 Å². The van der Waals surface area contributed by atoms with Gasteiger partial charge in [-0.2, -0.15) is 5.10 Å². The number of nitrogens with zero attached hydrogens (tertiary/aromatic N) is 3. The summed E-state index contributed by atoms with van der Waals surface area (Å²) in [5.41, 5.74) is 6.44. The van der Waals surface area contributed by atoms with Crippen molar-refractivity contribution in [2.24, 2.45) is 5.73 Å². The SMILES string of the molecule is CCCn1nc(C)c(C(=O)N2CCOC(C)(C(N)=O)C2)c1C. The number of carbonyl (C=O) groups is 2. The lowest BCUT2D eigenvalue weighted by molar-refractivity contribution is -0.150. The largest absolute Gasteiger partial charge is 0.367 e. The van der Waals surface area contributed by atoms with Gasteiger partial charge in [0.15, 0.2) is 5.60 Å². The third-order valence-corrected chi connectivity index (χ3v) is 4.11. The standard InChI is InChI=1S/C15H24N4O3/c1-5-6-19-11(3)12(10(2)17-19)13(20)18-7-8-22-15(4,9-18)14(16)21/h5-9H2,1-4H3,(H2,16,21). The zero-order chi connectivity index (χ0) is 16.5. The number of aryl methyl sites for hydroxylation is 2. The second kappa shape index (κ2) is 6.08. The van der Waals surface area contributed by atoms with E-state index in [4.69, 9.17) is 10.5 Å². The van der Waals surface area contributed by atoms with Crippen molar-refractivity contribution < 1.29 is 14.3 Å². The van der Waals surface area contributed by atoms with Gasteiger partial charge in [-0.15, -0.1) is 0 Å². The van der Waals surface area contributed by atoms with Crippen molar-refractivity contribution in [1.29, 1.82) is 0 Å². The Morgan fingerprint density at radius 1 is 1.41 bits per heavy atom. The number of amides is 2. The van der Waals surface area contributed by atoms with E-state index in [1.165, 1.54) is 0 Å². The van der Waals surface area contributed by atoms with E-state index in [-0.39, 0.29) is 12.5 Å². The maximum Gasteiger partial charge on any atom is 0.257 e. The summed E-state index contributed by atoms with van der Waals surface area (Å²) in [6.07, 6.45) is 0.951. The Balaban J connectivity index is 2.27. The molecule has 0 spiro atoms. The molecule has 1 unspecified atom stereocenters. The number of primary amides is 1. The molecular weight excluding hydrogens is 284 g/mol. The molecule has 0 radical (unpaired) electrons. The monoisotopic (exact) mass is 308 g/mol. The molecule has 122 valence electrons. The second-order valence-corrected chi connectivity index (χ2v) is 5.94. The molecule has 1 atom stereocenters. The Hall–Kier alpha value is -1.89. The molecule has 7 nitrogen and oxygen atoms in total. The summed E-state index contributed by atoms with van der Waals surface area (Å²) in [4.78, 5) is 26.0. The number of morpholine rings is 1. The van der Waals surface area contributed by atoms with Crippen molar-refractivity contribution in [3.63, 3.8) is 0 Å². The van der Waals surface area contributed by atoms with Gasteiger partial charge in [-0.05, 0) is 27.2 Å². The van der Waals surface area contributed by atoms with Crippen LogP contribution in [-0.4, -0.2) is 51.8 Å². The predicted octanol–water partition coefficient (Wildman–Crippen LogP) is 0.626. The lowest BCUT2D eigenvalue weighted by Crippen LogP contribution is -2.58. The summed E-state index contributed by atoms with van der Waals surface area (Å²) >= 11 is 0. The van der Waals surface area contributed by atoms with Crippen LogP contribution in [0.2, 0.25) is 0 Å². The fourth-order valence-corrected chi connectivity index (χ4v) is 2.79. The Morgan fingerprint density at radius 3 is 2.68 bits per heavy atom. The van der Waals surface area contributed by atoms with Crippen LogP contribution < -0.4 is 5.73 Å². The molecule has 2 amide bonds. The summed E-state index contributed by atoms with van der Waals surface area (Å²) in [6.45, 7) is 9.11. The van der Waals surface area contributed by atoms with Crippen LogP contribution in [0.4, 0.5) is 0 Å². The Morgan fingerprint density at radius 2 is 2.09 bits per heavy atom. The lowest BCUT2D eigenvalue weighted by atomic mass is 10.0. The van der Waals surface area contributed by atoms with E-state index in [1.807, 2.05) is 18.5 Å². The predicted molar refractivity (Wildman–Crippen MR) is 81.4 cm³/mol. The van der Waals surface area contributed by atoms with Crippen LogP contribution in [0.25, 0.3) is 0 Å². The lowest BCUT2D eigenvalue weighted by Gasteiger charge is -2.38. The van der Waals surface area contributed by atoms with E-state index < -0.39 is 11.5 Å². The highest BCUT2D eigenvalue weighted by atomic mass is 16.5. The van der Waals surface area contributed by atoms with Gasteiger partial charge in [-0.3, -0.25) is 14.3 Å². The van der Waals surface area contributed by atoms with E-state index in [0.29, 0.717) is 24.4 Å². The van der Waals surface area contributed by atoms with Gasteiger partial charge in [0, 0.05) is 18.8 Å². The molecule has 22 heavy (non-hydrogen) atoms. The van der Waals surface area contributed by atoms with Gasteiger partial charge in [0.2, 0.25) is 0 Å². The fourth-order valence-electron chi connectivity index (χ4n) is 2.79. The van der Waals surface area contributed by atoms with Crippen LogP contribution in [0.3, 0.4) is 0 Å². The fraction of sp³-hybridized carbons (Fsp3) is 0.667. The van der Waals surface area contributed by atoms with Gasteiger partial charge in [0.05, 0.1) is 24.4 Å². The molecule has 0 saturated carbocycles. The minimum atomic E-state index is -1.13. The molecule has 1 fully saturated rings. The maximum absolute atomic E-state index is 12.8. The number of carbonyl (C=O) groups excluding carboxylic acids is 2. The first-order valence-corrected chi connectivity index (χ1v) is 7.57. The van der Waals surface area contributed by atoms with Crippen molar-refractivity contribution in [1.82, 2.24) is 14.7 Å².